The SMILES string of the molecule is C(#Cc1cnc[nH]1)CNC(c1ccccc1)(c1ccccc1)c1ccccc1. The molecule has 0 saturated carbocycles. The van der Waals surface area contributed by atoms with Crippen molar-refractivity contribution in [2.24, 2.45) is 0 Å². The summed E-state index contributed by atoms with van der Waals surface area (Å²) in [6.07, 6.45) is 3.37. The molecule has 3 nitrogen and oxygen atoms in total. The van der Waals surface area contributed by atoms with E-state index in [-0.39, 0.29) is 0 Å². The molecule has 136 valence electrons. The third kappa shape index (κ3) is 3.59. The van der Waals surface area contributed by atoms with Crippen molar-refractivity contribution >= 4 is 0 Å². The zero-order valence-corrected chi connectivity index (χ0v) is 15.5. The van der Waals surface area contributed by atoms with E-state index in [1.165, 1.54) is 16.7 Å². The third-order valence-corrected chi connectivity index (χ3v) is 4.78. The summed E-state index contributed by atoms with van der Waals surface area (Å²) in [5.74, 6) is 6.34. The first-order valence-corrected chi connectivity index (χ1v) is 9.28. The van der Waals surface area contributed by atoms with Crippen LogP contribution in [-0.4, -0.2) is 16.5 Å². The highest BCUT2D eigenvalue weighted by Crippen LogP contribution is 2.36. The van der Waals surface area contributed by atoms with E-state index < -0.39 is 5.54 Å². The van der Waals surface area contributed by atoms with Crippen molar-refractivity contribution in [3.8, 4) is 11.8 Å². The molecule has 3 heteroatoms. The third-order valence-electron chi connectivity index (χ3n) is 4.78. The molecule has 0 atom stereocenters. The molecule has 0 bridgehead atoms. The zero-order chi connectivity index (χ0) is 19.1. The van der Waals surface area contributed by atoms with Crippen LogP contribution < -0.4 is 5.32 Å². The highest BCUT2D eigenvalue weighted by molar-refractivity contribution is 5.49. The van der Waals surface area contributed by atoms with Gasteiger partial charge in [0.25, 0.3) is 0 Å². The highest BCUT2D eigenvalue weighted by Gasteiger charge is 2.35. The number of hydrogen-bond acceptors (Lipinski definition) is 2. The molecule has 0 amide bonds. The number of aromatic nitrogens is 2. The quantitative estimate of drug-likeness (QED) is 0.409. The summed E-state index contributed by atoms with van der Waals surface area (Å²) in [5.41, 5.74) is 3.85. The van der Waals surface area contributed by atoms with Crippen LogP contribution in [0.4, 0.5) is 0 Å². The van der Waals surface area contributed by atoms with Crippen LogP contribution in [0.25, 0.3) is 0 Å². The molecule has 0 radical (unpaired) electrons. The van der Waals surface area contributed by atoms with Gasteiger partial charge in [-0.3, -0.25) is 5.32 Å². The number of aromatic amines is 1. The van der Waals surface area contributed by atoms with Crippen molar-refractivity contribution < 1.29 is 0 Å². The second-order valence-corrected chi connectivity index (χ2v) is 6.47. The molecule has 1 heterocycles. The molecule has 28 heavy (non-hydrogen) atoms. The van der Waals surface area contributed by atoms with Crippen molar-refractivity contribution in [3.63, 3.8) is 0 Å². The minimum absolute atomic E-state index is 0.494. The van der Waals surface area contributed by atoms with E-state index in [0.29, 0.717) is 6.54 Å². The molecule has 3 aromatic carbocycles. The predicted octanol–water partition coefficient (Wildman–Crippen LogP) is 4.34. The van der Waals surface area contributed by atoms with Crippen molar-refractivity contribution in [2.45, 2.75) is 5.54 Å². The van der Waals surface area contributed by atoms with Crippen LogP contribution >= 0.6 is 0 Å². The lowest BCUT2D eigenvalue weighted by molar-refractivity contribution is 0.505. The first-order chi connectivity index (χ1) is 13.9. The molecule has 0 aliphatic rings. The molecular weight excluding hydrogens is 342 g/mol. The first kappa shape index (κ1) is 17.8. The van der Waals surface area contributed by atoms with Gasteiger partial charge in [0.2, 0.25) is 0 Å². The second-order valence-electron chi connectivity index (χ2n) is 6.47. The van der Waals surface area contributed by atoms with E-state index in [1.54, 1.807) is 12.5 Å². The monoisotopic (exact) mass is 363 g/mol. The Kier molecular flexibility index (Phi) is 5.33. The van der Waals surface area contributed by atoms with Gasteiger partial charge in [-0.15, -0.1) is 0 Å². The molecule has 0 unspecified atom stereocenters. The fourth-order valence-corrected chi connectivity index (χ4v) is 3.51. The highest BCUT2D eigenvalue weighted by atomic mass is 15.0. The van der Waals surface area contributed by atoms with Gasteiger partial charge in [-0.05, 0) is 22.6 Å². The number of nitrogens with one attached hydrogen (secondary N) is 2. The van der Waals surface area contributed by atoms with Gasteiger partial charge in [-0.2, -0.15) is 0 Å². The van der Waals surface area contributed by atoms with Crippen LogP contribution in [0.2, 0.25) is 0 Å². The van der Waals surface area contributed by atoms with Crippen molar-refractivity contribution in [1.29, 1.82) is 0 Å². The topological polar surface area (TPSA) is 40.7 Å². The average Bonchev–Trinajstić information content (AvgIpc) is 3.30. The van der Waals surface area contributed by atoms with Crippen molar-refractivity contribution in [3.05, 3.63) is 126 Å². The van der Waals surface area contributed by atoms with E-state index in [1.807, 2.05) is 18.2 Å². The van der Waals surface area contributed by atoms with Crippen LogP contribution in [0.15, 0.2) is 104 Å². The number of imidazole rings is 1. The lowest BCUT2D eigenvalue weighted by Crippen LogP contribution is -2.44. The molecule has 0 spiro atoms. The number of H-pyrrole nitrogens is 1. The summed E-state index contributed by atoms with van der Waals surface area (Å²) in [4.78, 5) is 7.03. The molecule has 2 N–H and O–H groups in total. The Morgan fingerprint density at radius 1 is 0.750 bits per heavy atom. The zero-order valence-electron chi connectivity index (χ0n) is 15.5. The summed E-state index contributed by atoms with van der Waals surface area (Å²) in [6, 6.07) is 31.6. The minimum Gasteiger partial charge on any atom is -0.338 e. The number of nitrogens with zero attached hydrogens (tertiary/aromatic N) is 1. The normalized spacial score (nSPS) is 10.9. The Hall–Kier alpha value is -3.61. The van der Waals surface area contributed by atoms with Gasteiger partial charge in [0.15, 0.2) is 0 Å². The van der Waals surface area contributed by atoms with E-state index in [4.69, 9.17) is 0 Å². The van der Waals surface area contributed by atoms with Gasteiger partial charge in [0.05, 0.1) is 24.6 Å². The molecule has 0 fully saturated rings. The Morgan fingerprint density at radius 3 is 1.68 bits per heavy atom. The lowest BCUT2D eigenvalue weighted by Gasteiger charge is -2.36. The van der Waals surface area contributed by atoms with Gasteiger partial charge in [0.1, 0.15) is 5.69 Å². The van der Waals surface area contributed by atoms with E-state index in [2.05, 4.69) is 99.9 Å². The molecule has 4 aromatic rings. The number of hydrogen-bond donors (Lipinski definition) is 2. The fraction of sp³-hybridized carbons (Fsp3) is 0.0800. The number of rotatable bonds is 5. The molecule has 4 rings (SSSR count). The van der Waals surface area contributed by atoms with E-state index in [9.17, 15) is 0 Å². The first-order valence-electron chi connectivity index (χ1n) is 9.28. The van der Waals surface area contributed by atoms with Gasteiger partial charge in [0, 0.05) is 0 Å². The Balaban J connectivity index is 1.81. The Bertz CT molecular complexity index is 948. The van der Waals surface area contributed by atoms with Crippen LogP contribution in [-0.2, 0) is 5.54 Å². The summed E-state index contributed by atoms with van der Waals surface area (Å²) in [5, 5.41) is 3.74. The standard InChI is InChI=1S/C25H21N3/c1-4-11-21(12-5-1)25(22-13-6-2-7-14-22,23-15-8-3-9-16-23)28-18-10-17-24-19-26-20-27-24/h1-9,11-16,19-20,28H,18H2,(H,26,27). The average molecular weight is 363 g/mol. The van der Waals surface area contributed by atoms with Crippen molar-refractivity contribution in [2.75, 3.05) is 6.54 Å². The molecule has 1 aromatic heterocycles. The Morgan fingerprint density at radius 2 is 1.25 bits per heavy atom. The summed E-state index contributed by atoms with van der Waals surface area (Å²) < 4.78 is 0. The molecule has 0 aliphatic carbocycles. The van der Waals surface area contributed by atoms with Crippen LogP contribution in [0.3, 0.4) is 0 Å². The molecule has 0 saturated heterocycles. The lowest BCUT2D eigenvalue weighted by atomic mass is 9.77. The largest absolute Gasteiger partial charge is 0.338 e. The maximum Gasteiger partial charge on any atom is 0.109 e. The smallest absolute Gasteiger partial charge is 0.109 e. The van der Waals surface area contributed by atoms with Crippen LogP contribution in [0.5, 0.6) is 0 Å². The van der Waals surface area contributed by atoms with Gasteiger partial charge >= 0.3 is 0 Å². The number of benzene rings is 3. The van der Waals surface area contributed by atoms with Gasteiger partial charge in [-0.25, -0.2) is 4.98 Å². The fourth-order valence-electron chi connectivity index (χ4n) is 3.51. The summed E-state index contributed by atoms with van der Waals surface area (Å²) in [7, 11) is 0. The minimum atomic E-state index is -0.494. The van der Waals surface area contributed by atoms with Crippen LogP contribution in [0, 0.1) is 11.8 Å². The molecular formula is C25H21N3. The van der Waals surface area contributed by atoms with E-state index >= 15 is 0 Å². The predicted molar refractivity (Wildman–Crippen MR) is 113 cm³/mol. The second kappa shape index (κ2) is 8.39. The summed E-state index contributed by atoms with van der Waals surface area (Å²) >= 11 is 0. The maximum atomic E-state index is 4.01. The van der Waals surface area contributed by atoms with Gasteiger partial charge in [-0.1, -0.05) is 96.9 Å². The molecule has 0 aliphatic heterocycles. The van der Waals surface area contributed by atoms with Gasteiger partial charge < -0.3 is 4.98 Å². The van der Waals surface area contributed by atoms with Crippen LogP contribution in [0.1, 0.15) is 22.4 Å². The van der Waals surface area contributed by atoms with E-state index in [0.717, 1.165) is 5.69 Å². The summed E-state index contributed by atoms with van der Waals surface area (Å²) in [6.45, 7) is 0.525. The Labute approximate surface area is 165 Å². The van der Waals surface area contributed by atoms with Crippen molar-refractivity contribution in [1.82, 2.24) is 15.3 Å². The maximum absolute atomic E-state index is 4.01.